The third kappa shape index (κ3) is 4.63. The van der Waals surface area contributed by atoms with E-state index in [0.29, 0.717) is 0 Å². The Kier molecular flexibility index (Phi) is 6.70. The van der Waals surface area contributed by atoms with E-state index >= 15 is 0 Å². The van der Waals surface area contributed by atoms with E-state index in [1.54, 1.807) is 10.6 Å². The highest BCUT2D eigenvalue weighted by atomic mass is 35.5. The highest BCUT2D eigenvalue weighted by Gasteiger charge is 2.67. The molecule has 2 aromatic carbocycles. The molecule has 2 amide bonds. The summed E-state index contributed by atoms with van der Waals surface area (Å²) in [7, 11) is 0. The van der Waals surface area contributed by atoms with Crippen molar-refractivity contribution in [3.05, 3.63) is 56.5 Å². The summed E-state index contributed by atoms with van der Waals surface area (Å²) in [6.45, 7) is 0. The van der Waals surface area contributed by atoms with Crippen LogP contribution in [0.15, 0.2) is 36.4 Å². The number of benzene rings is 2. The Labute approximate surface area is 175 Å². The van der Waals surface area contributed by atoms with Crippen LogP contribution >= 0.6 is 46.4 Å². The van der Waals surface area contributed by atoms with E-state index in [0.717, 1.165) is 36.4 Å². The van der Waals surface area contributed by atoms with E-state index in [1.807, 2.05) is 0 Å². The van der Waals surface area contributed by atoms with Crippen molar-refractivity contribution >= 4 is 69.6 Å². The van der Waals surface area contributed by atoms with Crippen molar-refractivity contribution in [1.29, 1.82) is 0 Å². The molecule has 0 aliphatic carbocycles. The van der Waals surface area contributed by atoms with Gasteiger partial charge >= 0.3 is 23.7 Å². The first-order valence-corrected chi connectivity index (χ1v) is 8.66. The Morgan fingerprint density at radius 1 is 0.643 bits per heavy atom. The summed E-state index contributed by atoms with van der Waals surface area (Å²) in [6, 6.07) is 6.41. The van der Waals surface area contributed by atoms with E-state index < -0.39 is 23.7 Å². The van der Waals surface area contributed by atoms with Gasteiger partial charge in [0, 0.05) is 11.4 Å². The molecule has 0 bridgehead atoms. The molecule has 0 fully saturated rings. The minimum atomic E-state index is -5.39. The highest BCUT2D eigenvalue weighted by Crippen LogP contribution is 2.37. The maximum absolute atomic E-state index is 14.0. The summed E-state index contributed by atoms with van der Waals surface area (Å²) in [4.78, 5) is 23.4. The Morgan fingerprint density at radius 3 is 1.25 bits per heavy atom. The Hall–Kier alpha value is -1.74. The fraction of sp³-hybridized carbons (Fsp3) is 0.125. The van der Waals surface area contributed by atoms with Crippen LogP contribution in [-0.4, -0.2) is 23.7 Å². The monoisotopic (exact) mass is 476 g/mol. The van der Waals surface area contributed by atoms with Gasteiger partial charge in [-0.15, -0.1) is 0 Å². The molecule has 0 aromatic heterocycles. The molecular weight excluding hydrogens is 470 g/mol. The number of anilines is 2. The molecule has 150 valence electrons. The lowest BCUT2D eigenvalue weighted by Gasteiger charge is -2.24. The van der Waals surface area contributed by atoms with Crippen molar-refractivity contribution in [2.45, 2.75) is 11.8 Å². The number of hydrogen-bond donors (Lipinski definition) is 2. The van der Waals surface area contributed by atoms with Gasteiger partial charge in [-0.2, -0.15) is 17.6 Å². The molecule has 0 radical (unpaired) electrons. The van der Waals surface area contributed by atoms with Crippen LogP contribution in [0.1, 0.15) is 0 Å². The largest absolute Gasteiger partial charge is 0.396 e. The molecule has 0 unspecified atom stereocenters. The van der Waals surface area contributed by atoms with Crippen LogP contribution in [0.2, 0.25) is 20.1 Å². The number of halogens is 8. The van der Waals surface area contributed by atoms with Crippen molar-refractivity contribution in [2.24, 2.45) is 0 Å². The number of nitrogens with one attached hydrogen (secondary N) is 2. The average molecular weight is 478 g/mol. The Balaban J connectivity index is 2.20. The highest BCUT2D eigenvalue weighted by molar-refractivity contribution is 6.42. The normalized spacial score (nSPS) is 11.9. The van der Waals surface area contributed by atoms with Crippen LogP contribution < -0.4 is 10.6 Å². The molecule has 0 heterocycles. The van der Waals surface area contributed by atoms with Gasteiger partial charge in [0.05, 0.1) is 20.1 Å². The summed E-state index contributed by atoms with van der Waals surface area (Å²) in [5, 5.41) is 3.02. The lowest BCUT2D eigenvalue weighted by molar-refractivity contribution is -0.204. The molecule has 4 nitrogen and oxygen atoms in total. The maximum atomic E-state index is 14.0. The summed E-state index contributed by atoms with van der Waals surface area (Å²) in [5.41, 5.74) is -0.639. The standard InChI is InChI=1S/C16H8Cl4F4N2O2/c17-9-3-1-7(5-11(9)19)25-13(27)15(21,22)16(23,24)14(28)26-8-2-4-10(18)12(20)6-8/h1-6H,(H,25,27)(H,26,28). The number of carbonyl (C=O) groups is 2. The Morgan fingerprint density at radius 2 is 0.964 bits per heavy atom. The van der Waals surface area contributed by atoms with Gasteiger partial charge < -0.3 is 10.6 Å². The van der Waals surface area contributed by atoms with Crippen LogP contribution in [-0.2, 0) is 9.59 Å². The second kappa shape index (κ2) is 8.32. The molecule has 2 N–H and O–H groups in total. The topological polar surface area (TPSA) is 58.2 Å². The second-order valence-electron chi connectivity index (χ2n) is 5.31. The number of rotatable bonds is 5. The van der Waals surface area contributed by atoms with Crippen molar-refractivity contribution in [2.75, 3.05) is 10.6 Å². The average Bonchev–Trinajstić information content (AvgIpc) is 2.61. The van der Waals surface area contributed by atoms with Crippen molar-refractivity contribution < 1.29 is 27.2 Å². The second-order valence-corrected chi connectivity index (χ2v) is 6.94. The summed E-state index contributed by atoms with van der Waals surface area (Å²) < 4.78 is 56.1. The zero-order valence-electron chi connectivity index (χ0n) is 13.3. The number of amides is 2. The number of alkyl halides is 4. The number of carbonyl (C=O) groups excluding carboxylic acids is 2. The molecule has 0 aliphatic rings. The quantitative estimate of drug-likeness (QED) is 0.507. The summed E-state index contributed by atoms with van der Waals surface area (Å²) in [5.74, 6) is -15.6. The van der Waals surface area contributed by atoms with Gasteiger partial charge in [-0.05, 0) is 36.4 Å². The van der Waals surface area contributed by atoms with Gasteiger partial charge in [0.1, 0.15) is 0 Å². The minimum absolute atomic E-state index is 0.0535. The van der Waals surface area contributed by atoms with Crippen molar-refractivity contribution in [3.63, 3.8) is 0 Å². The fourth-order valence-corrected chi connectivity index (χ4v) is 2.45. The molecule has 0 atom stereocenters. The summed E-state index contributed by atoms with van der Waals surface area (Å²) >= 11 is 22.6. The zero-order valence-corrected chi connectivity index (χ0v) is 16.3. The maximum Gasteiger partial charge on any atom is 0.396 e. The zero-order chi connectivity index (χ0) is 21.3. The molecule has 0 saturated carbocycles. The van der Waals surface area contributed by atoms with Gasteiger partial charge in [-0.3, -0.25) is 9.59 Å². The van der Waals surface area contributed by atoms with E-state index in [-0.39, 0.29) is 31.5 Å². The van der Waals surface area contributed by atoms with Crippen molar-refractivity contribution in [1.82, 2.24) is 0 Å². The van der Waals surface area contributed by atoms with Gasteiger partial charge in [0.25, 0.3) is 0 Å². The molecule has 12 heteroatoms. The van der Waals surface area contributed by atoms with Gasteiger partial charge in [0.2, 0.25) is 0 Å². The first-order chi connectivity index (χ1) is 12.9. The predicted octanol–water partition coefficient (Wildman–Crippen LogP) is 6.15. The number of hydrogen-bond acceptors (Lipinski definition) is 2. The molecule has 28 heavy (non-hydrogen) atoms. The van der Waals surface area contributed by atoms with Gasteiger partial charge in [-0.1, -0.05) is 46.4 Å². The lowest BCUT2D eigenvalue weighted by atomic mass is 10.1. The van der Waals surface area contributed by atoms with E-state index in [9.17, 15) is 27.2 Å². The minimum Gasteiger partial charge on any atom is -0.321 e. The molecule has 0 saturated heterocycles. The van der Waals surface area contributed by atoms with Crippen LogP contribution in [0.4, 0.5) is 28.9 Å². The molecule has 0 aliphatic heterocycles. The van der Waals surface area contributed by atoms with E-state index in [4.69, 9.17) is 46.4 Å². The molecule has 2 aromatic rings. The third-order valence-electron chi connectivity index (χ3n) is 3.32. The van der Waals surface area contributed by atoms with Crippen LogP contribution in [0.3, 0.4) is 0 Å². The third-order valence-corrected chi connectivity index (χ3v) is 4.80. The first-order valence-electron chi connectivity index (χ1n) is 7.15. The smallest absolute Gasteiger partial charge is 0.321 e. The molecule has 0 spiro atoms. The van der Waals surface area contributed by atoms with Crippen LogP contribution in [0.5, 0.6) is 0 Å². The van der Waals surface area contributed by atoms with E-state index in [2.05, 4.69) is 0 Å². The van der Waals surface area contributed by atoms with Crippen LogP contribution in [0, 0.1) is 0 Å². The van der Waals surface area contributed by atoms with Crippen LogP contribution in [0.25, 0.3) is 0 Å². The summed E-state index contributed by atoms with van der Waals surface area (Å²) in [6.07, 6.45) is 0. The van der Waals surface area contributed by atoms with E-state index in [1.165, 1.54) is 0 Å². The van der Waals surface area contributed by atoms with Gasteiger partial charge in [0.15, 0.2) is 0 Å². The SMILES string of the molecule is O=C(Nc1ccc(Cl)c(Cl)c1)C(F)(F)C(F)(F)C(=O)Nc1ccc(Cl)c(Cl)c1. The lowest BCUT2D eigenvalue weighted by Crippen LogP contribution is -2.56. The first kappa shape index (κ1) is 22.5. The van der Waals surface area contributed by atoms with Crippen molar-refractivity contribution in [3.8, 4) is 0 Å². The Bertz CT molecular complexity index is 865. The fourth-order valence-electron chi connectivity index (χ4n) is 1.85. The predicted molar refractivity (Wildman–Crippen MR) is 100 cm³/mol. The molecule has 2 rings (SSSR count). The van der Waals surface area contributed by atoms with Gasteiger partial charge in [-0.25, -0.2) is 0 Å². The molecular formula is C16H8Cl4F4N2O2.